The number of nitrogens with one attached hydrogen (secondary N) is 1. The van der Waals surface area contributed by atoms with Crippen molar-refractivity contribution in [2.45, 2.75) is 32.2 Å². The van der Waals surface area contributed by atoms with Crippen molar-refractivity contribution < 1.29 is 4.74 Å². The summed E-state index contributed by atoms with van der Waals surface area (Å²) in [4.78, 5) is 9.65. The predicted molar refractivity (Wildman–Crippen MR) is 134 cm³/mol. The third-order valence-electron chi connectivity index (χ3n) is 6.76. The number of imidazole rings is 1. The Morgan fingerprint density at radius 3 is 2.57 bits per heavy atom. The van der Waals surface area contributed by atoms with Gasteiger partial charge in [0.25, 0.3) is 0 Å². The van der Waals surface area contributed by atoms with Crippen LogP contribution in [0.5, 0.6) is 5.88 Å². The van der Waals surface area contributed by atoms with Crippen molar-refractivity contribution in [3.05, 3.63) is 83.2 Å². The summed E-state index contributed by atoms with van der Waals surface area (Å²) in [6.07, 6.45) is 4.29. The Balaban J connectivity index is 1.37. The van der Waals surface area contributed by atoms with Crippen molar-refractivity contribution in [3.8, 4) is 23.0 Å². The number of aryl methyl sites for hydroxylation is 2. The largest absolute Gasteiger partial charge is 0.480 e. The van der Waals surface area contributed by atoms with E-state index in [4.69, 9.17) is 15.1 Å². The maximum absolute atomic E-state index is 8.73. The topological polar surface area (TPSA) is 86.5 Å². The molecule has 0 unspecified atom stereocenters. The molecular weight excluding hydrogens is 438 g/mol. The van der Waals surface area contributed by atoms with E-state index in [1.54, 1.807) is 7.11 Å². The molecule has 3 aromatic heterocycles. The molecule has 0 bridgehead atoms. The minimum absolute atomic E-state index is 0.388. The molecule has 0 saturated heterocycles. The highest BCUT2D eigenvalue weighted by molar-refractivity contribution is 5.74. The van der Waals surface area contributed by atoms with E-state index < -0.39 is 0 Å². The first-order valence-electron chi connectivity index (χ1n) is 11.8. The van der Waals surface area contributed by atoms with Crippen LogP contribution in [-0.2, 0) is 13.6 Å². The average molecular weight is 466 g/mol. The van der Waals surface area contributed by atoms with E-state index >= 15 is 0 Å². The third-order valence-corrected chi connectivity index (χ3v) is 6.76. The Kier molecular flexibility index (Phi) is 5.02. The first-order valence-corrected chi connectivity index (χ1v) is 11.8. The summed E-state index contributed by atoms with van der Waals surface area (Å²) in [5, 5.41) is 13.2. The van der Waals surface area contributed by atoms with Crippen LogP contribution in [0.3, 0.4) is 0 Å². The second-order valence-electron chi connectivity index (χ2n) is 9.14. The van der Waals surface area contributed by atoms with Crippen LogP contribution in [0.4, 0.5) is 0 Å². The van der Waals surface area contributed by atoms with Gasteiger partial charge in [-0.05, 0) is 48.9 Å². The molecule has 2 aromatic carbocycles. The highest BCUT2D eigenvalue weighted by Gasteiger charge is 2.27. The molecule has 0 aliphatic heterocycles. The van der Waals surface area contributed by atoms with Gasteiger partial charge in [-0.25, -0.2) is 14.6 Å². The molecule has 35 heavy (non-hydrogen) atoms. The van der Waals surface area contributed by atoms with Crippen LogP contribution in [0.1, 0.15) is 35.6 Å². The van der Waals surface area contributed by atoms with Crippen LogP contribution in [0.15, 0.2) is 60.8 Å². The molecule has 1 fully saturated rings. The summed E-state index contributed by atoms with van der Waals surface area (Å²) in [6, 6.07) is 18.5. The van der Waals surface area contributed by atoms with Gasteiger partial charge in [0.15, 0.2) is 11.5 Å². The molecule has 1 saturated carbocycles. The number of ether oxygens (including phenoxy) is 1. The molecule has 0 radical (unpaired) electrons. The summed E-state index contributed by atoms with van der Waals surface area (Å²) < 4.78 is 10.9. The van der Waals surface area contributed by atoms with E-state index in [0.717, 1.165) is 39.5 Å². The van der Waals surface area contributed by atoms with Crippen molar-refractivity contribution in [2.24, 2.45) is 7.05 Å². The standard InChI is InChI=1S/C27H27N7O/c1-17-14-24(35-3)31-34(17)20-12-8-18(9-13-20)16-33-26-23(32(2)27(33)28)15-29-25(30-26)22-7-5-4-6-21(22)19-10-11-19/h4-9,12-15,19,28H,10-11,16H2,1-3H3. The van der Waals surface area contributed by atoms with Crippen LogP contribution >= 0.6 is 0 Å². The first-order chi connectivity index (χ1) is 17.0. The SMILES string of the molecule is COc1cc(C)n(-c2ccc(Cn3c(=N)n(C)c4cnc(-c5ccccc5C5CC5)nc43)cc2)n1. The summed E-state index contributed by atoms with van der Waals surface area (Å²) in [5.74, 6) is 1.92. The minimum atomic E-state index is 0.388. The fourth-order valence-corrected chi connectivity index (χ4v) is 4.66. The molecule has 8 heteroatoms. The maximum Gasteiger partial charge on any atom is 0.233 e. The van der Waals surface area contributed by atoms with Gasteiger partial charge in [-0.1, -0.05) is 36.4 Å². The molecule has 1 aliphatic carbocycles. The van der Waals surface area contributed by atoms with Gasteiger partial charge in [-0.2, -0.15) is 0 Å². The Labute approximate surface area is 203 Å². The number of fused-ring (bicyclic) bond motifs is 1. The van der Waals surface area contributed by atoms with Crippen LogP contribution in [0.25, 0.3) is 28.2 Å². The van der Waals surface area contributed by atoms with Crippen LogP contribution in [0.2, 0.25) is 0 Å². The Bertz CT molecular complexity index is 1600. The molecule has 6 rings (SSSR count). The fourth-order valence-electron chi connectivity index (χ4n) is 4.66. The molecule has 3 heterocycles. The van der Waals surface area contributed by atoms with Gasteiger partial charge in [0.2, 0.25) is 11.5 Å². The Morgan fingerprint density at radius 1 is 1.09 bits per heavy atom. The predicted octanol–water partition coefficient (Wildman–Crippen LogP) is 4.34. The Morgan fingerprint density at radius 2 is 1.86 bits per heavy atom. The lowest BCUT2D eigenvalue weighted by Gasteiger charge is -2.09. The van der Waals surface area contributed by atoms with Gasteiger partial charge in [0.05, 0.1) is 25.5 Å². The van der Waals surface area contributed by atoms with Gasteiger partial charge < -0.3 is 9.30 Å². The minimum Gasteiger partial charge on any atom is -0.480 e. The quantitative estimate of drug-likeness (QED) is 0.404. The summed E-state index contributed by atoms with van der Waals surface area (Å²) in [7, 11) is 3.51. The van der Waals surface area contributed by atoms with E-state index in [9.17, 15) is 0 Å². The molecule has 8 nitrogen and oxygen atoms in total. The lowest BCUT2D eigenvalue weighted by atomic mass is 10.0. The number of rotatable bonds is 6. The van der Waals surface area contributed by atoms with Gasteiger partial charge >= 0.3 is 0 Å². The molecule has 0 atom stereocenters. The summed E-state index contributed by atoms with van der Waals surface area (Å²) >= 11 is 0. The highest BCUT2D eigenvalue weighted by atomic mass is 16.5. The van der Waals surface area contributed by atoms with E-state index in [1.165, 1.54) is 18.4 Å². The number of hydrogen-bond acceptors (Lipinski definition) is 5. The fraction of sp³-hybridized carbons (Fsp3) is 0.259. The summed E-state index contributed by atoms with van der Waals surface area (Å²) in [5.41, 5.74) is 7.46. The first kappa shape index (κ1) is 21.3. The van der Waals surface area contributed by atoms with Crippen molar-refractivity contribution >= 4 is 11.2 Å². The van der Waals surface area contributed by atoms with Crippen LogP contribution < -0.4 is 10.4 Å². The zero-order valence-corrected chi connectivity index (χ0v) is 20.1. The van der Waals surface area contributed by atoms with Crippen molar-refractivity contribution in [2.75, 3.05) is 7.11 Å². The van der Waals surface area contributed by atoms with Gasteiger partial charge in [0, 0.05) is 24.4 Å². The molecule has 5 aromatic rings. The molecule has 176 valence electrons. The number of benzene rings is 2. The number of aromatic nitrogens is 6. The van der Waals surface area contributed by atoms with E-state index in [0.29, 0.717) is 24.0 Å². The highest BCUT2D eigenvalue weighted by Crippen LogP contribution is 2.43. The number of hydrogen-bond donors (Lipinski definition) is 1. The zero-order chi connectivity index (χ0) is 24.1. The van der Waals surface area contributed by atoms with E-state index in [2.05, 4.69) is 40.4 Å². The van der Waals surface area contributed by atoms with Crippen molar-refractivity contribution in [3.63, 3.8) is 0 Å². The molecular formula is C27H27N7O. The van der Waals surface area contributed by atoms with Crippen molar-refractivity contribution in [1.29, 1.82) is 5.41 Å². The molecule has 0 amide bonds. The monoisotopic (exact) mass is 465 g/mol. The number of nitrogens with zero attached hydrogens (tertiary/aromatic N) is 6. The van der Waals surface area contributed by atoms with E-state index in [1.807, 2.05) is 58.2 Å². The van der Waals surface area contributed by atoms with Crippen LogP contribution in [-0.4, -0.2) is 36.0 Å². The lowest BCUT2D eigenvalue weighted by molar-refractivity contribution is 0.394. The summed E-state index contributed by atoms with van der Waals surface area (Å²) in [6.45, 7) is 2.54. The molecule has 1 N–H and O–H groups in total. The van der Waals surface area contributed by atoms with Gasteiger partial charge in [-0.15, -0.1) is 5.10 Å². The third kappa shape index (κ3) is 3.71. The normalized spacial score (nSPS) is 13.5. The molecule has 1 aliphatic rings. The van der Waals surface area contributed by atoms with Gasteiger partial charge in [-0.3, -0.25) is 9.98 Å². The van der Waals surface area contributed by atoms with Gasteiger partial charge in [0.1, 0.15) is 5.52 Å². The molecule has 0 spiro atoms. The van der Waals surface area contributed by atoms with Crippen molar-refractivity contribution in [1.82, 2.24) is 28.9 Å². The second-order valence-corrected chi connectivity index (χ2v) is 9.14. The maximum atomic E-state index is 8.73. The average Bonchev–Trinajstić information content (AvgIpc) is 3.63. The van der Waals surface area contributed by atoms with E-state index in [-0.39, 0.29) is 0 Å². The second kappa shape index (κ2) is 8.23. The Hall–Kier alpha value is -4.20. The zero-order valence-electron chi connectivity index (χ0n) is 20.1. The number of methoxy groups -OCH3 is 1. The van der Waals surface area contributed by atoms with Crippen LogP contribution in [0, 0.1) is 12.3 Å². The smallest absolute Gasteiger partial charge is 0.233 e. The lowest BCUT2D eigenvalue weighted by Crippen LogP contribution is -2.23.